The number of ketones is 1. The number of rotatable bonds is 5. The molecule has 0 bridgehead atoms. The molecule has 0 unspecified atom stereocenters. The van der Waals surface area contributed by atoms with Gasteiger partial charge in [0.25, 0.3) is 0 Å². The summed E-state index contributed by atoms with van der Waals surface area (Å²) in [6, 6.07) is 16.1. The lowest BCUT2D eigenvalue weighted by atomic mass is 9.99. The minimum Gasteiger partial charge on any atom is -0.465 e. The van der Waals surface area contributed by atoms with Gasteiger partial charge < -0.3 is 4.74 Å². The van der Waals surface area contributed by atoms with Crippen LogP contribution in [0.2, 0.25) is 0 Å². The topological polar surface area (TPSA) is 67.2 Å². The first-order valence-corrected chi connectivity index (χ1v) is 7.99. The summed E-state index contributed by atoms with van der Waals surface area (Å²) >= 11 is 0. The van der Waals surface area contributed by atoms with Crippen molar-refractivity contribution in [2.24, 2.45) is 11.3 Å². The summed E-state index contributed by atoms with van der Waals surface area (Å²) in [4.78, 5) is 25.4. The minimum atomic E-state index is -1.57. The fraction of sp³-hybridized carbons (Fsp3) is 0.250. The number of hydrogen-bond donors (Lipinski definition) is 0. The van der Waals surface area contributed by atoms with Crippen molar-refractivity contribution in [1.82, 2.24) is 0 Å². The SMILES string of the molecule is CCOC(=O)[C@@]1(C#N)[C@H](C(=O)c2ccccc2)[C@H]1c1ccc(F)cc1. The van der Waals surface area contributed by atoms with Crippen molar-refractivity contribution < 1.29 is 18.7 Å². The van der Waals surface area contributed by atoms with Crippen molar-refractivity contribution in [3.8, 4) is 6.07 Å². The Labute approximate surface area is 144 Å². The van der Waals surface area contributed by atoms with Gasteiger partial charge in [-0.1, -0.05) is 42.5 Å². The molecule has 0 radical (unpaired) electrons. The molecule has 25 heavy (non-hydrogen) atoms. The number of nitrogens with zero attached hydrogens (tertiary/aromatic N) is 1. The van der Waals surface area contributed by atoms with Gasteiger partial charge in [0, 0.05) is 11.5 Å². The summed E-state index contributed by atoms with van der Waals surface area (Å²) in [6.07, 6.45) is 0. The highest BCUT2D eigenvalue weighted by Crippen LogP contribution is 2.66. The number of benzene rings is 2. The van der Waals surface area contributed by atoms with Crippen LogP contribution in [0.15, 0.2) is 54.6 Å². The Morgan fingerprint density at radius 2 is 1.80 bits per heavy atom. The Kier molecular flexibility index (Phi) is 4.37. The fourth-order valence-corrected chi connectivity index (χ4v) is 3.34. The van der Waals surface area contributed by atoms with E-state index in [0.29, 0.717) is 11.1 Å². The number of carbonyl (C=O) groups is 2. The average molecular weight is 337 g/mol. The lowest BCUT2D eigenvalue weighted by Crippen LogP contribution is -2.23. The Hall–Kier alpha value is -3.00. The first-order chi connectivity index (χ1) is 12.1. The third-order valence-electron chi connectivity index (χ3n) is 4.57. The molecule has 0 N–H and O–H groups in total. The van der Waals surface area contributed by atoms with E-state index >= 15 is 0 Å². The first-order valence-electron chi connectivity index (χ1n) is 7.99. The van der Waals surface area contributed by atoms with E-state index in [2.05, 4.69) is 0 Å². The Bertz CT molecular complexity index is 841. The summed E-state index contributed by atoms with van der Waals surface area (Å²) in [5, 5.41) is 9.73. The summed E-state index contributed by atoms with van der Waals surface area (Å²) < 4.78 is 18.3. The third kappa shape index (κ3) is 2.70. The van der Waals surface area contributed by atoms with Crippen LogP contribution >= 0.6 is 0 Å². The Morgan fingerprint density at radius 3 is 2.36 bits per heavy atom. The van der Waals surface area contributed by atoms with E-state index in [1.165, 1.54) is 24.3 Å². The second-order valence-corrected chi connectivity index (χ2v) is 5.94. The van der Waals surface area contributed by atoms with Gasteiger partial charge in [-0.3, -0.25) is 9.59 Å². The van der Waals surface area contributed by atoms with Crippen LogP contribution in [0, 0.1) is 28.5 Å². The second-order valence-electron chi connectivity index (χ2n) is 5.94. The van der Waals surface area contributed by atoms with Gasteiger partial charge in [-0.05, 0) is 24.6 Å². The van der Waals surface area contributed by atoms with Gasteiger partial charge >= 0.3 is 5.97 Å². The number of hydrogen-bond acceptors (Lipinski definition) is 4. The second kappa shape index (κ2) is 6.48. The summed E-state index contributed by atoms with van der Waals surface area (Å²) in [6.45, 7) is 1.76. The lowest BCUT2D eigenvalue weighted by Gasteiger charge is -2.08. The Balaban J connectivity index is 2.04. The molecule has 1 saturated carbocycles. The van der Waals surface area contributed by atoms with E-state index in [4.69, 9.17) is 4.74 Å². The van der Waals surface area contributed by atoms with Crippen molar-refractivity contribution in [3.63, 3.8) is 0 Å². The van der Waals surface area contributed by atoms with Crippen molar-refractivity contribution in [3.05, 3.63) is 71.5 Å². The smallest absolute Gasteiger partial charge is 0.327 e. The molecule has 0 spiro atoms. The molecule has 1 aliphatic rings. The van der Waals surface area contributed by atoms with Crippen LogP contribution in [0.4, 0.5) is 4.39 Å². The first kappa shape index (κ1) is 16.8. The predicted molar refractivity (Wildman–Crippen MR) is 88.1 cm³/mol. The number of Topliss-reactive ketones (excluding diaryl/α,β-unsaturated/α-hetero) is 1. The molecule has 0 heterocycles. The standard InChI is InChI=1S/C20H16FNO3/c1-2-25-19(24)20(12-22)16(13-8-10-15(21)11-9-13)17(20)18(23)14-6-4-3-5-7-14/h3-11,16-17H,2H2,1H3/t16-,17+,20-/m1/s1. The van der Waals surface area contributed by atoms with Crippen LogP contribution in [0.25, 0.3) is 0 Å². The molecule has 3 rings (SSSR count). The maximum atomic E-state index is 13.2. The van der Waals surface area contributed by atoms with E-state index in [9.17, 15) is 19.2 Å². The van der Waals surface area contributed by atoms with Crippen LogP contribution < -0.4 is 0 Å². The van der Waals surface area contributed by atoms with Gasteiger partial charge in [0.05, 0.1) is 18.6 Å². The van der Waals surface area contributed by atoms with Gasteiger partial charge in [0.15, 0.2) is 11.2 Å². The van der Waals surface area contributed by atoms with E-state index in [-0.39, 0.29) is 12.4 Å². The van der Waals surface area contributed by atoms with E-state index in [0.717, 1.165) is 0 Å². The summed E-state index contributed by atoms with van der Waals surface area (Å²) in [7, 11) is 0. The highest BCUT2D eigenvalue weighted by atomic mass is 19.1. The quantitative estimate of drug-likeness (QED) is 0.619. The molecule has 0 aliphatic heterocycles. The Morgan fingerprint density at radius 1 is 1.16 bits per heavy atom. The van der Waals surface area contributed by atoms with Crippen molar-refractivity contribution >= 4 is 11.8 Å². The molecule has 1 aliphatic carbocycles. The molecule has 0 aromatic heterocycles. The molecule has 2 aromatic carbocycles. The predicted octanol–water partition coefficient (Wildman–Crippen LogP) is 3.50. The number of carbonyl (C=O) groups excluding carboxylic acids is 2. The lowest BCUT2D eigenvalue weighted by molar-refractivity contribution is -0.147. The number of halogens is 1. The zero-order valence-corrected chi connectivity index (χ0v) is 13.6. The normalized spacial score (nSPS) is 24.2. The molecule has 4 nitrogen and oxygen atoms in total. The minimum absolute atomic E-state index is 0.116. The fourth-order valence-electron chi connectivity index (χ4n) is 3.34. The number of esters is 1. The number of ether oxygens (including phenoxy) is 1. The molecule has 1 fully saturated rings. The average Bonchev–Trinajstić information content (AvgIpc) is 3.33. The maximum absolute atomic E-state index is 13.2. The van der Waals surface area contributed by atoms with Gasteiger partial charge in [-0.15, -0.1) is 0 Å². The molecular weight excluding hydrogens is 321 g/mol. The van der Waals surface area contributed by atoms with Crippen molar-refractivity contribution in [2.75, 3.05) is 6.61 Å². The van der Waals surface area contributed by atoms with Crippen LogP contribution in [0.1, 0.15) is 28.8 Å². The zero-order chi connectivity index (χ0) is 18.0. The van der Waals surface area contributed by atoms with E-state index in [1.54, 1.807) is 37.3 Å². The highest BCUT2D eigenvalue weighted by molar-refractivity contribution is 6.07. The van der Waals surface area contributed by atoms with Crippen LogP contribution in [0.3, 0.4) is 0 Å². The highest BCUT2D eigenvalue weighted by Gasteiger charge is 2.75. The molecule has 126 valence electrons. The van der Waals surface area contributed by atoms with Gasteiger partial charge in [-0.25, -0.2) is 4.39 Å². The van der Waals surface area contributed by atoms with Gasteiger partial charge in [0.1, 0.15) is 5.82 Å². The van der Waals surface area contributed by atoms with Crippen molar-refractivity contribution in [2.45, 2.75) is 12.8 Å². The van der Waals surface area contributed by atoms with E-state index in [1.807, 2.05) is 6.07 Å². The van der Waals surface area contributed by atoms with Crippen LogP contribution in [0.5, 0.6) is 0 Å². The number of nitriles is 1. The summed E-state index contributed by atoms with van der Waals surface area (Å²) in [5.41, 5.74) is -0.563. The van der Waals surface area contributed by atoms with Crippen molar-refractivity contribution in [1.29, 1.82) is 5.26 Å². The van der Waals surface area contributed by atoms with Gasteiger partial charge in [-0.2, -0.15) is 5.26 Å². The molecule has 3 atom stereocenters. The molecule has 2 aromatic rings. The van der Waals surface area contributed by atoms with Crippen LogP contribution in [-0.2, 0) is 9.53 Å². The summed E-state index contributed by atoms with van der Waals surface area (Å²) in [5.74, 6) is -2.91. The van der Waals surface area contributed by atoms with Crippen LogP contribution in [-0.4, -0.2) is 18.4 Å². The molecule has 5 heteroatoms. The van der Waals surface area contributed by atoms with E-state index < -0.39 is 29.0 Å². The molecular formula is C20H16FNO3. The largest absolute Gasteiger partial charge is 0.465 e. The molecule has 0 amide bonds. The molecule has 0 saturated heterocycles. The zero-order valence-electron chi connectivity index (χ0n) is 13.6. The maximum Gasteiger partial charge on any atom is 0.327 e. The monoisotopic (exact) mass is 337 g/mol. The third-order valence-corrected chi connectivity index (χ3v) is 4.57. The van der Waals surface area contributed by atoms with Gasteiger partial charge in [0.2, 0.25) is 0 Å².